The standard InChI is InChI=1S/C15H26N4O2S.ClH/c1-11(2)8-14(21)19-15-18-12(10-22-15)9-13(20)17-7-5-3-4-6-16;/h10-11H,3-9,16H2,1-2H3,(H,17,20)(H,18,19,21);1H. The SMILES string of the molecule is CC(C)CC(=O)Nc1nc(CC(=O)NCCCCCN)cs1.Cl. The molecule has 0 fully saturated rings. The minimum atomic E-state index is -0.0434. The van der Waals surface area contributed by atoms with E-state index in [1.54, 1.807) is 5.38 Å². The Hall–Kier alpha value is -1.18. The molecule has 2 amide bonds. The van der Waals surface area contributed by atoms with Crippen LogP contribution in [0.15, 0.2) is 5.38 Å². The van der Waals surface area contributed by atoms with Gasteiger partial charge in [0, 0.05) is 18.3 Å². The fourth-order valence-corrected chi connectivity index (χ4v) is 2.61. The highest BCUT2D eigenvalue weighted by Gasteiger charge is 2.10. The van der Waals surface area contributed by atoms with E-state index >= 15 is 0 Å². The summed E-state index contributed by atoms with van der Waals surface area (Å²) in [6.07, 6.45) is 3.67. The highest BCUT2D eigenvalue weighted by molar-refractivity contribution is 7.13. The quantitative estimate of drug-likeness (QED) is 0.556. The maximum Gasteiger partial charge on any atom is 0.226 e. The molecule has 1 heterocycles. The molecule has 0 unspecified atom stereocenters. The minimum absolute atomic E-state index is 0. The third kappa shape index (κ3) is 10.3. The number of hydrogen-bond acceptors (Lipinski definition) is 5. The topological polar surface area (TPSA) is 97.1 Å². The van der Waals surface area contributed by atoms with Gasteiger partial charge in [-0.05, 0) is 25.3 Å². The monoisotopic (exact) mass is 362 g/mol. The summed E-state index contributed by atoms with van der Waals surface area (Å²) >= 11 is 1.34. The highest BCUT2D eigenvalue weighted by Crippen LogP contribution is 2.16. The molecule has 1 aromatic heterocycles. The second-order valence-corrected chi connectivity index (χ2v) is 6.52. The van der Waals surface area contributed by atoms with Crippen molar-refractivity contribution in [3.8, 4) is 0 Å². The number of thiazole rings is 1. The number of amides is 2. The van der Waals surface area contributed by atoms with E-state index in [9.17, 15) is 9.59 Å². The second-order valence-electron chi connectivity index (χ2n) is 5.67. The van der Waals surface area contributed by atoms with Crippen molar-refractivity contribution in [2.45, 2.75) is 46.0 Å². The first kappa shape index (κ1) is 21.8. The number of carbonyl (C=O) groups is 2. The number of nitrogens with two attached hydrogens (primary N) is 1. The third-order valence-electron chi connectivity index (χ3n) is 2.94. The fourth-order valence-electron chi connectivity index (χ4n) is 1.89. The van der Waals surface area contributed by atoms with Gasteiger partial charge in [-0.15, -0.1) is 23.7 Å². The summed E-state index contributed by atoms with van der Waals surface area (Å²) in [5.41, 5.74) is 6.10. The molecule has 0 aliphatic carbocycles. The largest absolute Gasteiger partial charge is 0.356 e. The number of carbonyl (C=O) groups excluding carboxylic acids is 2. The van der Waals surface area contributed by atoms with Gasteiger partial charge in [0.05, 0.1) is 12.1 Å². The molecule has 1 rings (SSSR count). The normalized spacial score (nSPS) is 10.3. The van der Waals surface area contributed by atoms with Crippen LogP contribution < -0.4 is 16.4 Å². The maximum absolute atomic E-state index is 11.8. The Morgan fingerprint density at radius 1 is 1.26 bits per heavy atom. The number of nitrogens with zero attached hydrogens (tertiary/aromatic N) is 1. The van der Waals surface area contributed by atoms with Gasteiger partial charge < -0.3 is 16.4 Å². The summed E-state index contributed by atoms with van der Waals surface area (Å²) in [6, 6.07) is 0. The van der Waals surface area contributed by atoms with Crippen LogP contribution in [0.2, 0.25) is 0 Å². The first-order valence-electron chi connectivity index (χ1n) is 7.72. The predicted molar refractivity (Wildman–Crippen MR) is 97.1 cm³/mol. The van der Waals surface area contributed by atoms with Crippen molar-refractivity contribution in [1.82, 2.24) is 10.3 Å². The predicted octanol–water partition coefficient (Wildman–Crippen LogP) is 2.34. The number of unbranched alkanes of at least 4 members (excludes halogenated alkanes) is 2. The van der Waals surface area contributed by atoms with Crippen LogP contribution in [-0.2, 0) is 16.0 Å². The number of halogens is 1. The van der Waals surface area contributed by atoms with E-state index in [0.29, 0.717) is 36.3 Å². The molecule has 0 atom stereocenters. The molecular weight excluding hydrogens is 336 g/mol. The van der Waals surface area contributed by atoms with Crippen molar-refractivity contribution in [2.75, 3.05) is 18.4 Å². The number of hydrogen-bond donors (Lipinski definition) is 3. The average Bonchev–Trinajstić information content (AvgIpc) is 2.84. The van der Waals surface area contributed by atoms with Gasteiger partial charge in [-0.3, -0.25) is 9.59 Å². The molecule has 0 radical (unpaired) electrons. The minimum Gasteiger partial charge on any atom is -0.356 e. The maximum atomic E-state index is 11.8. The van der Waals surface area contributed by atoms with Gasteiger partial charge in [0.2, 0.25) is 11.8 Å². The van der Waals surface area contributed by atoms with Gasteiger partial charge in [-0.25, -0.2) is 4.98 Å². The number of rotatable bonds is 10. The van der Waals surface area contributed by atoms with Gasteiger partial charge in [0.1, 0.15) is 0 Å². The van der Waals surface area contributed by atoms with Crippen LogP contribution in [0.3, 0.4) is 0 Å². The Kier molecular flexibility index (Phi) is 11.6. The summed E-state index contributed by atoms with van der Waals surface area (Å²) < 4.78 is 0. The first-order valence-corrected chi connectivity index (χ1v) is 8.60. The lowest BCUT2D eigenvalue weighted by molar-refractivity contribution is -0.120. The summed E-state index contributed by atoms with van der Waals surface area (Å²) in [5, 5.41) is 7.98. The lowest BCUT2D eigenvalue weighted by atomic mass is 10.1. The molecule has 132 valence electrons. The summed E-state index contributed by atoms with van der Waals surface area (Å²) in [4.78, 5) is 27.7. The Morgan fingerprint density at radius 2 is 2.00 bits per heavy atom. The Morgan fingerprint density at radius 3 is 2.65 bits per heavy atom. The van der Waals surface area contributed by atoms with Crippen LogP contribution in [-0.4, -0.2) is 29.9 Å². The van der Waals surface area contributed by atoms with Crippen LogP contribution in [0.4, 0.5) is 5.13 Å². The molecule has 1 aromatic rings. The molecule has 0 aromatic carbocycles. The number of aromatic nitrogens is 1. The zero-order chi connectivity index (χ0) is 16.4. The zero-order valence-electron chi connectivity index (χ0n) is 13.8. The van der Waals surface area contributed by atoms with Crippen LogP contribution in [0.25, 0.3) is 0 Å². The molecule has 0 aliphatic heterocycles. The van der Waals surface area contributed by atoms with E-state index in [1.165, 1.54) is 11.3 Å². The van der Waals surface area contributed by atoms with Gasteiger partial charge in [0.25, 0.3) is 0 Å². The molecular formula is C15H27ClN4O2S. The van der Waals surface area contributed by atoms with E-state index in [-0.39, 0.29) is 30.6 Å². The van der Waals surface area contributed by atoms with Crippen molar-refractivity contribution in [2.24, 2.45) is 11.7 Å². The molecule has 23 heavy (non-hydrogen) atoms. The number of nitrogens with one attached hydrogen (secondary N) is 2. The van der Waals surface area contributed by atoms with Gasteiger partial charge in [-0.2, -0.15) is 0 Å². The molecule has 6 nitrogen and oxygen atoms in total. The van der Waals surface area contributed by atoms with E-state index < -0.39 is 0 Å². The summed E-state index contributed by atoms with van der Waals surface area (Å²) in [6.45, 7) is 5.34. The summed E-state index contributed by atoms with van der Waals surface area (Å²) in [5.74, 6) is 0.225. The zero-order valence-corrected chi connectivity index (χ0v) is 15.4. The van der Waals surface area contributed by atoms with Crippen LogP contribution in [0.1, 0.15) is 45.2 Å². The van der Waals surface area contributed by atoms with E-state index in [2.05, 4.69) is 15.6 Å². The van der Waals surface area contributed by atoms with E-state index in [1.807, 2.05) is 13.8 Å². The van der Waals surface area contributed by atoms with Gasteiger partial charge in [-0.1, -0.05) is 20.3 Å². The third-order valence-corrected chi connectivity index (χ3v) is 3.74. The van der Waals surface area contributed by atoms with Crippen LogP contribution in [0, 0.1) is 5.92 Å². The highest BCUT2D eigenvalue weighted by atomic mass is 35.5. The molecule has 4 N–H and O–H groups in total. The van der Waals surface area contributed by atoms with Crippen LogP contribution in [0.5, 0.6) is 0 Å². The van der Waals surface area contributed by atoms with Crippen molar-refractivity contribution in [3.63, 3.8) is 0 Å². The molecule has 0 saturated carbocycles. The molecule has 8 heteroatoms. The number of anilines is 1. The lowest BCUT2D eigenvalue weighted by Gasteiger charge is -2.04. The van der Waals surface area contributed by atoms with E-state index in [0.717, 1.165) is 19.3 Å². The van der Waals surface area contributed by atoms with Crippen molar-refractivity contribution in [1.29, 1.82) is 0 Å². The first-order chi connectivity index (χ1) is 10.5. The smallest absolute Gasteiger partial charge is 0.226 e. The fraction of sp³-hybridized carbons (Fsp3) is 0.667. The van der Waals surface area contributed by atoms with Crippen molar-refractivity contribution >= 4 is 40.7 Å². The van der Waals surface area contributed by atoms with Gasteiger partial charge in [0.15, 0.2) is 5.13 Å². The Labute approximate surface area is 148 Å². The van der Waals surface area contributed by atoms with Crippen LogP contribution >= 0.6 is 23.7 Å². The molecule has 0 saturated heterocycles. The average molecular weight is 363 g/mol. The Bertz CT molecular complexity index is 480. The second kappa shape index (κ2) is 12.3. The van der Waals surface area contributed by atoms with E-state index in [4.69, 9.17) is 5.73 Å². The van der Waals surface area contributed by atoms with Gasteiger partial charge >= 0.3 is 0 Å². The molecule has 0 spiro atoms. The van der Waals surface area contributed by atoms with Crippen molar-refractivity contribution < 1.29 is 9.59 Å². The molecule has 0 aliphatic rings. The molecule has 0 bridgehead atoms. The van der Waals surface area contributed by atoms with Crippen molar-refractivity contribution in [3.05, 3.63) is 11.1 Å². The summed E-state index contributed by atoms with van der Waals surface area (Å²) in [7, 11) is 0. The lowest BCUT2D eigenvalue weighted by Crippen LogP contribution is -2.26. The Balaban J connectivity index is 0.00000484.